The highest BCUT2D eigenvalue weighted by Crippen LogP contribution is 2.23. The molecule has 2 fully saturated rings. The number of hydrogen-bond acceptors (Lipinski definition) is 4. The van der Waals surface area contributed by atoms with E-state index in [1.165, 1.54) is 0 Å². The van der Waals surface area contributed by atoms with Gasteiger partial charge in [0.05, 0.1) is 0 Å². The smallest absolute Gasteiger partial charge is 0.251 e. The zero-order valence-corrected chi connectivity index (χ0v) is 21.1. The topological polar surface area (TPSA) is 86.3 Å². The zero-order valence-electron chi connectivity index (χ0n) is 18.0. The van der Waals surface area contributed by atoms with Crippen LogP contribution >= 0.6 is 35.6 Å². The first-order valence-electron chi connectivity index (χ1n) is 10.4. The highest BCUT2D eigenvalue weighted by Gasteiger charge is 2.30. The average Bonchev–Trinajstić information content (AvgIpc) is 3.29. The molecule has 2 amide bonds. The van der Waals surface area contributed by atoms with Gasteiger partial charge in [-0.05, 0) is 37.5 Å². The number of nitrogens with one attached hydrogen (secondary N) is 2. The Kier molecular flexibility index (Phi) is 10.3. The van der Waals surface area contributed by atoms with Gasteiger partial charge in [0.2, 0.25) is 5.91 Å². The summed E-state index contributed by atoms with van der Waals surface area (Å²) in [5, 5.41) is 6.76. The summed E-state index contributed by atoms with van der Waals surface area (Å²) >= 11 is 6.10. The number of guanidine groups is 1. The first kappa shape index (κ1) is 25.7. The Hall–Kier alpha value is -1.59. The maximum absolute atomic E-state index is 12.5. The quantitative estimate of drug-likeness (QED) is 0.327. The van der Waals surface area contributed by atoms with Gasteiger partial charge in [0.25, 0.3) is 5.91 Å². The molecule has 2 aliphatic rings. The minimum Gasteiger partial charge on any atom is -0.368 e. The maximum Gasteiger partial charge on any atom is 0.251 e. The van der Waals surface area contributed by atoms with Crippen molar-refractivity contribution in [3.8, 4) is 0 Å². The minimum atomic E-state index is -0.268. The molecule has 1 aromatic rings. The summed E-state index contributed by atoms with van der Waals surface area (Å²) in [6, 6.07) is 5.45. The molecule has 10 heteroatoms. The molecule has 0 radical (unpaired) electrons. The lowest BCUT2D eigenvalue weighted by Gasteiger charge is -2.37. The molecule has 31 heavy (non-hydrogen) atoms. The molecule has 8 nitrogen and oxygen atoms in total. The Morgan fingerprint density at radius 3 is 2.58 bits per heavy atom. The van der Waals surface area contributed by atoms with Crippen molar-refractivity contribution in [3.05, 3.63) is 28.8 Å². The number of hydrogen-bond donors (Lipinski definition) is 2. The third kappa shape index (κ3) is 6.95. The van der Waals surface area contributed by atoms with Gasteiger partial charge in [-0.3, -0.25) is 14.6 Å². The molecule has 0 aliphatic carbocycles. The van der Waals surface area contributed by atoms with Gasteiger partial charge in [-0.2, -0.15) is 0 Å². The predicted octanol–water partition coefficient (Wildman–Crippen LogP) is 2.49. The first-order valence-corrected chi connectivity index (χ1v) is 10.8. The maximum atomic E-state index is 12.5. The largest absolute Gasteiger partial charge is 0.368 e. The van der Waals surface area contributed by atoms with Crippen molar-refractivity contribution >= 4 is 59.0 Å². The van der Waals surface area contributed by atoms with E-state index in [2.05, 4.69) is 20.5 Å². The number of carbonyl (C=O) groups excluding carboxylic acids is 2. The van der Waals surface area contributed by atoms with Crippen LogP contribution in [0.15, 0.2) is 23.2 Å². The van der Waals surface area contributed by atoms with Gasteiger partial charge in [-0.15, -0.1) is 24.0 Å². The van der Waals surface area contributed by atoms with Crippen LogP contribution in [0.5, 0.6) is 0 Å². The number of anilines is 1. The third-order valence-electron chi connectivity index (χ3n) is 5.48. The highest BCUT2D eigenvalue weighted by molar-refractivity contribution is 14.0. The molecule has 0 bridgehead atoms. The summed E-state index contributed by atoms with van der Waals surface area (Å²) in [5.74, 6) is 0.754. The Morgan fingerprint density at radius 2 is 1.94 bits per heavy atom. The van der Waals surface area contributed by atoms with Gasteiger partial charge in [0.1, 0.15) is 6.10 Å². The van der Waals surface area contributed by atoms with Crippen LogP contribution in [0.25, 0.3) is 0 Å². The molecule has 1 aromatic carbocycles. The summed E-state index contributed by atoms with van der Waals surface area (Å²) < 4.78 is 5.51. The fourth-order valence-corrected chi connectivity index (χ4v) is 3.86. The second-order valence-corrected chi connectivity index (χ2v) is 7.91. The molecule has 2 heterocycles. The van der Waals surface area contributed by atoms with Crippen LogP contribution in [0, 0.1) is 6.92 Å². The first-order chi connectivity index (χ1) is 14.5. The molecule has 0 aromatic heterocycles. The summed E-state index contributed by atoms with van der Waals surface area (Å²) in [4.78, 5) is 33.0. The molecule has 1 unspecified atom stereocenters. The van der Waals surface area contributed by atoms with Crippen molar-refractivity contribution in [1.82, 2.24) is 15.1 Å². The van der Waals surface area contributed by atoms with E-state index < -0.39 is 0 Å². The zero-order chi connectivity index (χ0) is 21.5. The van der Waals surface area contributed by atoms with Crippen molar-refractivity contribution < 1.29 is 14.3 Å². The SMILES string of the molecule is CN=C(NCCC(=O)Nc1cccc(Cl)c1C)N1CCN(C(=O)C2CCCO2)CC1.I. The highest BCUT2D eigenvalue weighted by atomic mass is 127. The molecule has 2 saturated heterocycles. The molecule has 1 atom stereocenters. The number of benzene rings is 1. The fraction of sp³-hybridized carbons (Fsp3) is 0.571. The van der Waals surface area contributed by atoms with E-state index in [-0.39, 0.29) is 41.9 Å². The number of carbonyl (C=O) groups is 2. The van der Waals surface area contributed by atoms with Crippen molar-refractivity contribution in [2.45, 2.75) is 32.3 Å². The van der Waals surface area contributed by atoms with Gasteiger partial charge in [-0.1, -0.05) is 17.7 Å². The van der Waals surface area contributed by atoms with E-state index in [9.17, 15) is 9.59 Å². The predicted molar refractivity (Wildman–Crippen MR) is 133 cm³/mol. The molecule has 3 rings (SSSR count). The molecule has 2 N–H and O–H groups in total. The summed E-state index contributed by atoms with van der Waals surface area (Å²) in [5.41, 5.74) is 1.58. The number of amides is 2. The molecule has 2 aliphatic heterocycles. The van der Waals surface area contributed by atoms with Crippen LogP contribution in [-0.4, -0.2) is 80.1 Å². The van der Waals surface area contributed by atoms with Gasteiger partial charge >= 0.3 is 0 Å². The second kappa shape index (κ2) is 12.4. The second-order valence-electron chi connectivity index (χ2n) is 7.50. The Bertz CT molecular complexity index is 793. The normalized spacial score (nSPS) is 19.1. The van der Waals surface area contributed by atoms with Crippen LogP contribution in [0.4, 0.5) is 5.69 Å². The van der Waals surface area contributed by atoms with Crippen molar-refractivity contribution in [2.24, 2.45) is 4.99 Å². The number of ether oxygens (including phenoxy) is 1. The molecule has 172 valence electrons. The Labute approximate surface area is 205 Å². The molecule has 0 spiro atoms. The van der Waals surface area contributed by atoms with Crippen molar-refractivity contribution in [3.63, 3.8) is 0 Å². The van der Waals surface area contributed by atoms with E-state index in [1.54, 1.807) is 13.1 Å². The standard InChI is InChI=1S/C21H30ClN5O3.HI/c1-15-16(22)5-3-6-17(15)25-19(28)8-9-24-21(23-2)27-12-10-26(11-13-27)20(29)18-7-4-14-30-18;/h3,5-6,18H,4,7-14H2,1-2H3,(H,23,24)(H,25,28);1H. The number of piperazine rings is 1. The van der Waals surface area contributed by atoms with E-state index in [1.807, 2.05) is 24.0 Å². The van der Waals surface area contributed by atoms with Crippen LogP contribution < -0.4 is 10.6 Å². The van der Waals surface area contributed by atoms with Gasteiger partial charge in [0.15, 0.2) is 5.96 Å². The van der Waals surface area contributed by atoms with Gasteiger partial charge < -0.3 is 25.2 Å². The number of nitrogens with zero attached hydrogens (tertiary/aromatic N) is 3. The van der Waals surface area contributed by atoms with Gasteiger partial charge in [0, 0.05) is 63.5 Å². The monoisotopic (exact) mass is 563 g/mol. The van der Waals surface area contributed by atoms with Crippen molar-refractivity contribution in [2.75, 3.05) is 51.7 Å². The lowest BCUT2D eigenvalue weighted by atomic mass is 10.2. The Morgan fingerprint density at radius 1 is 1.23 bits per heavy atom. The molecule has 0 saturated carbocycles. The summed E-state index contributed by atoms with van der Waals surface area (Å²) in [6.07, 6.45) is 1.81. The van der Waals surface area contributed by atoms with Gasteiger partial charge in [-0.25, -0.2) is 0 Å². The van der Waals surface area contributed by atoms with Crippen LogP contribution in [0.3, 0.4) is 0 Å². The summed E-state index contributed by atoms with van der Waals surface area (Å²) in [7, 11) is 1.72. The van der Waals surface area contributed by atoms with Crippen molar-refractivity contribution in [1.29, 1.82) is 0 Å². The lowest BCUT2D eigenvalue weighted by molar-refractivity contribution is -0.142. The fourth-order valence-electron chi connectivity index (χ4n) is 3.69. The molecular weight excluding hydrogens is 533 g/mol. The van der Waals surface area contributed by atoms with Crippen LogP contribution in [0.2, 0.25) is 5.02 Å². The lowest BCUT2D eigenvalue weighted by Crippen LogP contribution is -2.55. The van der Waals surface area contributed by atoms with E-state index in [0.29, 0.717) is 50.8 Å². The van der Waals surface area contributed by atoms with Crippen LogP contribution in [-0.2, 0) is 14.3 Å². The third-order valence-corrected chi connectivity index (χ3v) is 5.89. The van der Waals surface area contributed by atoms with Crippen LogP contribution in [0.1, 0.15) is 24.8 Å². The minimum absolute atomic E-state index is 0. The van der Waals surface area contributed by atoms with E-state index >= 15 is 0 Å². The van der Waals surface area contributed by atoms with E-state index in [4.69, 9.17) is 16.3 Å². The summed E-state index contributed by atoms with van der Waals surface area (Å²) in [6.45, 7) is 5.71. The Balaban J connectivity index is 0.00000341. The average molecular weight is 564 g/mol. The number of halogens is 2. The molecular formula is C21H31ClIN5O3. The van der Waals surface area contributed by atoms with E-state index in [0.717, 1.165) is 30.1 Å². The number of rotatable bonds is 5. The number of aliphatic imine (C=N–C) groups is 1.